The van der Waals surface area contributed by atoms with Crippen LogP contribution in [0.1, 0.15) is 23.6 Å². The van der Waals surface area contributed by atoms with Gasteiger partial charge in [0.15, 0.2) is 11.5 Å². The van der Waals surface area contributed by atoms with E-state index in [0.29, 0.717) is 25.4 Å². The largest absolute Gasteiger partial charge is 0.493 e. The first-order valence-corrected chi connectivity index (χ1v) is 7.82. The maximum Gasteiger partial charge on any atom is 0.161 e. The molecule has 0 fully saturated rings. The minimum absolute atomic E-state index is 0.353. The van der Waals surface area contributed by atoms with E-state index in [1.54, 1.807) is 14.0 Å². The van der Waals surface area contributed by atoms with Gasteiger partial charge in [0, 0.05) is 13.1 Å². The summed E-state index contributed by atoms with van der Waals surface area (Å²) in [5, 5.41) is 12.5. The molecule has 0 spiro atoms. The summed E-state index contributed by atoms with van der Waals surface area (Å²) in [7, 11) is 1.64. The monoisotopic (exact) mass is 315 g/mol. The van der Waals surface area contributed by atoms with Crippen LogP contribution >= 0.6 is 0 Å². The molecule has 0 amide bonds. The molecule has 4 nitrogen and oxygen atoms in total. The summed E-state index contributed by atoms with van der Waals surface area (Å²) in [5.41, 5.74) is 3.44. The van der Waals surface area contributed by atoms with Crippen molar-refractivity contribution in [1.29, 1.82) is 0 Å². The average Bonchev–Trinajstić information content (AvgIpc) is 2.53. The van der Waals surface area contributed by atoms with Gasteiger partial charge >= 0.3 is 0 Å². The summed E-state index contributed by atoms with van der Waals surface area (Å²) in [6, 6.07) is 14.1. The molecule has 0 radical (unpaired) electrons. The van der Waals surface area contributed by atoms with Gasteiger partial charge in [0.25, 0.3) is 0 Å². The van der Waals surface area contributed by atoms with Crippen LogP contribution in [0.5, 0.6) is 11.5 Å². The number of ether oxygens (including phenoxy) is 2. The number of aliphatic hydroxyl groups excluding tert-OH is 1. The quantitative estimate of drug-likeness (QED) is 0.786. The first kappa shape index (κ1) is 17.3. The third-order valence-corrected chi connectivity index (χ3v) is 3.47. The van der Waals surface area contributed by atoms with Gasteiger partial charge in [-0.25, -0.2) is 0 Å². The Bertz CT molecular complexity index is 626. The van der Waals surface area contributed by atoms with E-state index in [4.69, 9.17) is 9.47 Å². The molecule has 0 saturated heterocycles. The second-order valence-corrected chi connectivity index (χ2v) is 5.74. The molecule has 0 aliphatic rings. The molecule has 0 bridgehead atoms. The van der Waals surface area contributed by atoms with Gasteiger partial charge in [-0.2, -0.15) is 0 Å². The van der Waals surface area contributed by atoms with Crippen LogP contribution in [0.15, 0.2) is 42.5 Å². The molecule has 0 saturated carbocycles. The van der Waals surface area contributed by atoms with Crippen molar-refractivity contribution in [3.8, 4) is 11.5 Å². The number of aliphatic hydroxyl groups is 1. The SMILES string of the molecule is COc1cc(CNCC(C)O)ccc1OCc1cccc(C)c1. The van der Waals surface area contributed by atoms with Gasteiger partial charge in [-0.1, -0.05) is 35.9 Å². The van der Waals surface area contributed by atoms with Crippen molar-refractivity contribution in [2.75, 3.05) is 13.7 Å². The van der Waals surface area contributed by atoms with Crippen LogP contribution in [0.4, 0.5) is 0 Å². The number of aryl methyl sites for hydroxylation is 1. The maximum absolute atomic E-state index is 9.27. The normalized spacial score (nSPS) is 12.0. The lowest BCUT2D eigenvalue weighted by molar-refractivity contribution is 0.191. The zero-order chi connectivity index (χ0) is 16.7. The molecule has 0 aliphatic heterocycles. The Morgan fingerprint density at radius 1 is 1.09 bits per heavy atom. The molecule has 124 valence electrons. The van der Waals surface area contributed by atoms with Crippen molar-refractivity contribution in [3.63, 3.8) is 0 Å². The number of rotatable bonds is 8. The van der Waals surface area contributed by atoms with E-state index in [1.165, 1.54) is 5.56 Å². The zero-order valence-corrected chi connectivity index (χ0v) is 14.0. The third-order valence-electron chi connectivity index (χ3n) is 3.47. The Balaban J connectivity index is 1.98. The summed E-state index contributed by atoms with van der Waals surface area (Å²) in [6.45, 7) is 5.58. The highest BCUT2D eigenvalue weighted by Gasteiger charge is 2.07. The van der Waals surface area contributed by atoms with Crippen molar-refractivity contribution in [2.24, 2.45) is 0 Å². The number of hydrogen-bond donors (Lipinski definition) is 2. The van der Waals surface area contributed by atoms with E-state index in [-0.39, 0.29) is 6.10 Å². The van der Waals surface area contributed by atoms with Gasteiger partial charge in [-0.05, 0) is 37.1 Å². The topological polar surface area (TPSA) is 50.7 Å². The van der Waals surface area contributed by atoms with Crippen LogP contribution in [0, 0.1) is 6.92 Å². The highest BCUT2D eigenvalue weighted by molar-refractivity contribution is 5.43. The van der Waals surface area contributed by atoms with Crippen molar-refractivity contribution < 1.29 is 14.6 Å². The Hall–Kier alpha value is -2.04. The molecule has 0 aromatic heterocycles. The zero-order valence-electron chi connectivity index (χ0n) is 14.0. The Kier molecular flexibility index (Phi) is 6.44. The third kappa shape index (κ3) is 5.58. The molecule has 1 atom stereocenters. The number of nitrogens with one attached hydrogen (secondary N) is 1. The predicted octanol–water partition coefficient (Wildman–Crippen LogP) is 3.05. The summed E-state index contributed by atoms with van der Waals surface area (Å²) >= 11 is 0. The first-order chi connectivity index (χ1) is 11.1. The first-order valence-electron chi connectivity index (χ1n) is 7.82. The number of methoxy groups -OCH3 is 1. The van der Waals surface area contributed by atoms with E-state index in [2.05, 4.69) is 24.4 Å². The van der Waals surface area contributed by atoms with E-state index in [1.807, 2.05) is 30.3 Å². The van der Waals surface area contributed by atoms with Crippen LogP contribution < -0.4 is 14.8 Å². The molecular formula is C19H25NO3. The van der Waals surface area contributed by atoms with Crippen LogP contribution in [0.25, 0.3) is 0 Å². The van der Waals surface area contributed by atoms with Gasteiger partial charge in [-0.15, -0.1) is 0 Å². The van der Waals surface area contributed by atoms with E-state index in [9.17, 15) is 5.11 Å². The molecule has 2 rings (SSSR count). The maximum atomic E-state index is 9.27. The van der Waals surface area contributed by atoms with Crippen molar-refractivity contribution >= 4 is 0 Å². The summed E-state index contributed by atoms with van der Waals surface area (Å²) in [5.74, 6) is 1.45. The lowest BCUT2D eigenvalue weighted by atomic mass is 10.1. The Morgan fingerprint density at radius 2 is 1.91 bits per heavy atom. The Morgan fingerprint density at radius 3 is 2.61 bits per heavy atom. The fraction of sp³-hybridized carbons (Fsp3) is 0.368. The molecule has 2 aromatic carbocycles. The molecular weight excluding hydrogens is 290 g/mol. The molecule has 0 heterocycles. The fourth-order valence-corrected chi connectivity index (χ4v) is 2.33. The predicted molar refractivity (Wildman–Crippen MR) is 91.9 cm³/mol. The van der Waals surface area contributed by atoms with Crippen LogP contribution in [0.2, 0.25) is 0 Å². The van der Waals surface area contributed by atoms with Gasteiger partial charge in [0.2, 0.25) is 0 Å². The summed E-state index contributed by atoms with van der Waals surface area (Å²) in [6.07, 6.45) is -0.353. The van der Waals surface area contributed by atoms with Gasteiger partial charge in [0.1, 0.15) is 6.61 Å². The van der Waals surface area contributed by atoms with Gasteiger partial charge < -0.3 is 19.9 Å². The fourth-order valence-electron chi connectivity index (χ4n) is 2.33. The number of hydrogen-bond acceptors (Lipinski definition) is 4. The molecule has 23 heavy (non-hydrogen) atoms. The minimum Gasteiger partial charge on any atom is -0.493 e. The summed E-state index contributed by atoms with van der Waals surface area (Å²) in [4.78, 5) is 0. The average molecular weight is 315 g/mol. The smallest absolute Gasteiger partial charge is 0.161 e. The van der Waals surface area contributed by atoms with Crippen LogP contribution in [0.3, 0.4) is 0 Å². The van der Waals surface area contributed by atoms with Crippen molar-refractivity contribution in [3.05, 3.63) is 59.2 Å². The number of benzene rings is 2. The molecule has 4 heteroatoms. The second kappa shape index (κ2) is 8.56. The standard InChI is InChI=1S/C19H25NO3/c1-14-5-4-6-17(9-14)13-23-18-8-7-16(10-19(18)22-3)12-20-11-15(2)21/h4-10,15,20-21H,11-13H2,1-3H3. The Labute approximate surface area is 138 Å². The highest BCUT2D eigenvalue weighted by atomic mass is 16.5. The van der Waals surface area contributed by atoms with Crippen LogP contribution in [-0.4, -0.2) is 24.9 Å². The van der Waals surface area contributed by atoms with Gasteiger partial charge in [0.05, 0.1) is 13.2 Å². The lowest BCUT2D eigenvalue weighted by Crippen LogP contribution is -2.23. The van der Waals surface area contributed by atoms with Crippen LogP contribution in [-0.2, 0) is 13.2 Å². The lowest BCUT2D eigenvalue weighted by Gasteiger charge is -2.13. The molecule has 0 aliphatic carbocycles. The second-order valence-electron chi connectivity index (χ2n) is 5.74. The molecule has 2 aromatic rings. The molecule has 2 N–H and O–H groups in total. The van der Waals surface area contributed by atoms with Crippen molar-refractivity contribution in [2.45, 2.75) is 33.1 Å². The van der Waals surface area contributed by atoms with E-state index < -0.39 is 0 Å². The highest BCUT2D eigenvalue weighted by Crippen LogP contribution is 2.28. The minimum atomic E-state index is -0.353. The molecule has 1 unspecified atom stereocenters. The van der Waals surface area contributed by atoms with Crippen molar-refractivity contribution in [1.82, 2.24) is 5.32 Å². The van der Waals surface area contributed by atoms with Gasteiger partial charge in [-0.3, -0.25) is 0 Å². The van der Waals surface area contributed by atoms with E-state index >= 15 is 0 Å². The van der Waals surface area contributed by atoms with E-state index in [0.717, 1.165) is 16.9 Å². The summed E-state index contributed by atoms with van der Waals surface area (Å²) < 4.78 is 11.3.